The van der Waals surface area contributed by atoms with Crippen LogP contribution in [0.25, 0.3) is 0 Å². The van der Waals surface area contributed by atoms with Crippen molar-refractivity contribution in [2.24, 2.45) is 20.0 Å². The molecule has 3 aliphatic rings. The van der Waals surface area contributed by atoms with E-state index in [1.54, 1.807) is 38.2 Å². The van der Waals surface area contributed by atoms with Gasteiger partial charge in [0, 0.05) is 43.3 Å². The molecule has 0 radical (unpaired) electrons. The molecule has 0 amide bonds. The lowest BCUT2D eigenvalue weighted by atomic mass is 9.66. The van der Waals surface area contributed by atoms with Crippen molar-refractivity contribution in [3.63, 3.8) is 0 Å². The fourth-order valence-corrected chi connectivity index (χ4v) is 6.92. The lowest BCUT2D eigenvalue weighted by Crippen LogP contribution is -2.58. The highest BCUT2D eigenvalue weighted by atomic mass is 35.5. The molecule has 1 aliphatic carbocycles. The molecule has 240 valence electrons. The van der Waals surface area contributed by atoms with Gasteiger partial charge in [0.05, 0.1) is 26.9 Å². The van der Waals surface area contributed by atoms with E-state index in [-0.39, 0.29) is 57.8 Å². The molecule has 46 heavy (non-hydrogen) atoms. The second-order valence-corrected chi connectivity index (χ2v) is 11.7. The predicted molar refractivity (Wildman–Crippen MR) is 169 cm³/mol. The number of rotatable bonds is 7. The van der Waals surface area contributed by atoms with Gasteiger partial charge in [-0.3, -0.25) is 23.5 Å². The summed E-state index contributed by atoms with van der Waals surface area (Å²) >= 11 is 6.63. The lowest BCUT2D eigenvalue weighted by molar-refractivity contribution is -0.130. The predicted octanol–water partition coefficient (Wildman–Crippen LogP) is 3.76. The van der Waals surface area contributed by atoms with Crippen LogP contribution in [0.1, 0.15) is 40.7 Å². The number of methoxy groups -OCH3 is 3. The minimum Gasteiger partial charge on any atom is -0.496 e. The van der Waals surface area contributed by atoms with E-state index in [0.29, 0.717) is 22.8 Å². The van der Waals surface area contributed by atoms with Crippen molar-refractivity contribution in [3.05, 3.63) is 90.7 Å². The molecular weight excluding hydrogens is 618 g/mol. The van der Waals surface area contributed by atoms with Crippen LogP contribution in [0.5, 0.6) is 28.7 Å². The van der Waals surface area contributed by atoms with Gasteiger partial charge in [-0.15, -0.1) is 0 Å². The standard InChI is InChI=1S/C33H32ClN3O9/c1-8-11-45-19-13-16(9-10-18(19)42-5)22-23-17(35-30-25(22)31(40)37(4)32(41)36(30)3)12-15(2)33(28(23)38)29(39)24-20(43-6)14-21(44-7)26(34)27(24)46-33/h8-10,13-15,22,35H,1,11-12H2,2-7H3/t15-,22-,33+/m1/s1. The van der Waals surface area contributed by atoms with Gasteiger partial charge >= 0.3 is 5.69 Å². The summed E-state index contributed by atoms with van der Waals surface area (Å²) in [6.45, 7) is 5.60. The first-order valence-corrected chi connectivity index (χ1v) is 14.8. The van der Waals surface area contributed by atoms with Crippen LogP contribution < -0.4 is 40.3 Å². The molecule has 1 spiro atoms. The molecule has 0 saturated carbocycles. The normalized spacial score (nSPS) is 21.2. The maximum atomic E-state index is 15.1. The number of aromatic nitrogens is 2. The Balaban J connectivity index is 1.62. The molecule has 0 saturated heterocycles. The average Bonchev–Trinajstić information content (AvgIpc) is 3.38. The monoisotopic (exact) mass is 649 g/mol. The molecule has 6 rings (SSSR count). The minimum absolute atomic E-state index is 0.0179. The van der Waals surface area contributed by atoms with Gasteiger partial charge in [0.2, 0.25) is 17.2 Å². The maximum absolute atomic E-state index is 15.1. The second kappa shape index (κ2) is 11.1. The Morgan fingerprint density at radius 3 is 2.35 bits per heavy atom. The molecule has 3 heterocycles. The van der Waals surface area contributed by atoms with Crippen LogP contribution in [0.4, 0.5) is 5.82 Å². The zero-order valence-electron chi connectivity index (χ0n) is 26.1. The molecule has 2 aromatic carbocycles. The molecule has 0 bridgehead atoms. The Morgan fingerprint density at radius 2 is 1.70 bits per heavy atom. The van der Waals surface area contributed by atoms with E-state index in [1.807, 2.05) is 0 Å². The Morgan fingerprint density at radius 1 is 1.00 bits per heavy atom. The van der Waals surface area contributed by atoms with E-state index in [4.69, 9.17) is 35.3 Å². The van der Waals surface area contributed by atoms with Gasteiger partial charge in [-0.05, 0) is 24.1 Å². The number of nitrogens with zero attached hydrogens (tertiary/aromatic N) is 2. The summed E-state index contributed by atoms with van der Waals surface area (Å²) in [5.41, 5.74) is -1.92. The Bertz CT molecular complexity index is 2010. The zero-order chi connectivity index (χ0) is 33.2. The highest BCUT2D eigenvalue weighted by Gasteiger charge is 2.63. The molecule has 3 atom stereocenters. The topological polar surface area (TPSA) is 136 Å². The van der Waals surface area contributed by atoms with E-state index in [2.05, 4.69) is 11.9 Å². The van der Waals surface area contributed by atoms with Gasteiger partial charge in [-0.2, -0.15) is 0 Å². The first-order valence-electron chi connectivity index (χ1n) is 14.4. The number of anilines is 1. The first-order chi connectivity index (χ1) is 22.0. The summed E-state index contributed by atoms with van der Waals surface area (Å²) in [6, 6.07) is 6.52. The highest BCUT2D eigenvalue weighted by Crippen LogP contribution is 2.56. The number of halogens is 1. The highest BCUT2D eigenvalue weighted by molar-refractivity contribution is 6.36. The Kier molecular flexibility index (Phi) is 7.51. The summed E-state index contributed by atoms with van der Waals surface area (Å²) in [5, 5.41) is 3.23. The smallest absolute Gasteiger partial charge is 0.332 e. The van der Waals surface area contributed by atoms with Crippen LogP contribution in [0.3, 0.4) is 0 Å². The van der Waals surface area contributed by atoms with Crippen molar-refractivity contribution in [2.45, 2.75) is 24.9 Å². The summed E-state index contributed by atoms with van der Waals surface area (Å²) < 4.78 is 30.9. The third kappa shape index (κ3) is 4.12. The van der Waals surface area contributed by atoms with Crippen molar-refractivity contribution < 1.29 is 33.3 Å². The van der Waals surface area contributed by atoms with Crippen LogP contribution in [-0.4, -0.2) is 54.2 Å². The van der Waals surface area contributed by atoms with Gasteiger partial charge in [0.25, 0.3) is 5.56 Å². The number of ether oxygens (including phenoxy) is 5. The SMILES string of the molecule is C=CCOc1cc([C@@H]2C3=C(C[C@@H](C)[C@]4(Oc5c(Cl)c(OC)cc(OC)c5C4=O)C3=O)Nc3c2c(=O)n(C)c(=O)n3C)ccc1OC. The molecule has 0 unspecified atom stereocenters. The van der Waals surface area contributed by atoms with Gasteiger partial charge < -0.3 is 29.0 Å². The van der Waals surface area contributed by atoms with Crippen molar-refractivity contribution in [1.29, 1.82) is 0 Å². The fourth-order valence-electron chi connectivity index (χ4n) is 6.66. The molecule has 1 aromatic heterocycles. The first kappa shape index (κ1) is 31.0. The van der Waals surface area contributed by atoms with Crippen LogP contribution in [-0.2, 0) is 18.9 Å². The minimum atomic E-state index is -2.03. The van der Waals surface area contributed by atoms with Crippen molar-refractivity contribution in [2.75, 3.05) is 33.3 Å². The van der Waals surface area contributed by atoms with Crippen LogP contribution >= 0.6 is 11.6 Å². The Labute approximate surface area is 268 Å². The number of hydrogen-bond acceptors (Lipinski definition) is 10. The maximum Gasteiger partial charge on any atom is 0.332 e. The van der Waals surface area contributed by atoms with Crippen LogP contribution in [0.15, 0.2) is 57.8 Å². The van der Waals surface area contributed by atoms with Gasteiger partial charge in [0.15, 0.2) is 17.2 Å². The van der Waals surface area contributed by atoms with E-state index in [9.17, 15) is 14.4 Å². The molecular formula is C33H32ClN3O9. The van der Waals surface area contributed by atoms with E-state index in [1.165, 1.54) is 39.0 Å². The number of fused-ring (bicyclic) bond motifs is 2. The third-order valence-corrected chi connectivity index (χ3v) is 9.31. The molecule has 0 fully saturated rings. The summed E-state index contributed by atoms with van der Waals surface area (Å²) in [5.74, 6) is -1.66. The summed E-state index contributed by atoms with van der Waals surface area (Å²) in [4.78, 5) is 56.4. The van der Waals surface area contributed by atoms with E-state index in [0.717, 1.165) is 4.57 Å². The zero-order valence-corrected chi connectivity index (χ0v) is 26.9. The van der Waals surface area contributed by atoms with Gasteiger partial charge in [0.1, 0.15) is 34.5 Å². The average molecular weight is 650 g/mol. The van der Waals surface area contributed by atoms with E-state index >= 15 is 4.79 Å². The van der Waals surface area contributed by atoms with Crippen LogP contribution in [0.2, 0.25) is 5.02 Å². The van der Waals surface area contributed by atoms with Gasteiger partial charge in [-0.1, -0.05) is 37.2 Å². The molecule has 2 aliphatic heterocycles. The van der Waals surface area contributed by atoms with Crippen molar-refractivity contribution >= 4 is 29.0 Å². The fraction of sp³-hybridized carbons (Fsp3) is 0.333. The number of Topliss-reactive ketones (excluding diaryl/α,β-unsaturated/α-hetero) is 2. The largest absolute Gasteiger partial charge is 0.496 e. The number of carbonyl (C=O) groups excluding carboxylic acids is 2. The lowest BCUT2D eigenvalue weighted by Gasteiger charge is -2.42. The number of nitrogens with one attached hydrogen (secondary N) is 1. The number of allylic oxidation sites excluding steroid dienone is 1. The van der Waals surface area contributed by atoms with Crippen LogP contribution in [0, 0.1) is 5.92 Å². The molecule has 12 nitrogen and oxygen atoms in total. The quantitative estimate of drug-likeness (QED) is 0.298. The second-order valence-electron chi connectivity index (χ2n) is 11.3. The van der Waals surface area contributed by atoms with Crippen molar-refractivity contribution in [1.82, 2.24) is 9.13 Å². The Hall–Kier alpha value is -4.97. The summed E-state index contributed by atoms with van der Waals surface area (Å²) in [6.07, 6.45) is 1.73. The van der Waals surface area contributed by atoms with E-state index < -0.39 is 40.3 Å². The molecule has 13 heteroatoms. The number of carbonyl (C=O) groups is 2. The number of benzene rings is 2. The molecule has 3 aromatic rings. The molecule has 1 N–H and O–H groups in total. The number of ketones is 2. The summed E-state index contributed by atoms with van der Waals surface area (Å²) in [7, 11) is 7.21. The third-order valence-electron chi connectivity index (χ3n) is 8.95. The number of hydrogen-bond donors (Lipinski definition) is 1. The van der Waals surface area contributed by atoms with Gasteiger partial charge in [-0.25, -0.2) is 4.79 Å². The van der Waals surface area contributed by atoms with Crippen molar-refractivity contribution in [3.8, 4) is 28.7 Å².